The Balaban J connectivity index is 1.45. The molecule has 2 aromatic heterocycles. The van der Waals surface area contributed by atoms with Gasteiger partial charge in [0.1, 0.15) is 18.7 Å². The lowest BCUT2D eigenvalue weighted by Crippen LogP contribution is -2.46. The zero-order chi connectivity index (χ0) is 16.1. The molecule has 7 nitrogen and oxygen atoms in total. The minimum atomic E-state index is -0.327. The molecule has 0 aliphatic carbocycles. The van der Waals surface area contributed by atoms with E-state index in [0.29, 0.717) is 0 Å². The fraction of sp³-hybridized carbons (Fsp3) is 0.500. The molecular weight excluding hydrogens is 292 g/mol. The first-order chi connectivity index (χ1) is 11.2. The number of rotatable bonds is 5. The van der Waals surface area contributed by atoms with Gasteiger partial charge in [-0.05, 0) is 37.5 Å². The lowest BCUT2D eigenvalue weighted by atomic mass is 10.0. The van der Waals surface area contributed by atoms with Gasteiger partial charge in [0.05, 0.1) is 0 Å². The smallest absolute Gasteiger partial charge is 0.244 e. The molecule has 1 fully saturated rings. The van der Waals surface area contributed by atoms with E-state index in [0.717, 1.165) is 32.5 Å². The number of nitrogens with zero attached hydrogens (tertiary/aromatic N) is 5. The summed E-state index contributed by atoms with van der Waals surface area (Å²) < 4.78 is 1.58. The maximum absolute atomic E-state index is 12.3. The summed E-state index contributed by atoms with van der Waals surface area (Å²) in [7, 11) is 0. The summed E-state index contributed by atoms with van der Waals surface area (Å²) in [4.78, 5) is 22.6. The van der Waals surface area contributed by atoms with E-state index < -0.39 is 0 Å². The number of likely N-dealkylation sites (tertiary alicyclic amines) is 1. The van der Waals surface area contributed by atoms with E-state index in [-0.39, 0.29) is 18.0 Å². The number of carbonyl (C=O) groups is 1. The number of piperidine rings is 1. The van der Waals surface area contributed by atoms with Crippen LogP contribution in [0.5, 0.6) is 0 Å². The molecule has 1 saturated heterocycles. The molecule has 0 radical (unpaired) electrons. The summed E-state index contributed by atoms with van der Waals surface area (Å²) in [6, 6.07) is 4.01. The van der Waals surface area contributed by atoms with Crippen molar-refractivity contribution in [1.82, 2.24) is 30.0 Å². The van der Waals surface area contributed by atoms with Gasteiger partial charge in [0.15, 0.2) is 0 Å². The molecule has 1 aliphatic rings. The lowest BCUT2D eigenvalue weighted by molar-refractivity contribution is -0.125. The normalized spacial score (nSPS) is 17.8. The fourth-order valence-electron chi connectivity index (χ4n) is 2.84. The predicted molar refractivity (Wildman–Crippen MR) is 85.4 cm³/mol. The molecule has 1 aliphatic heterocycles. The summed E-state index contributed by atoms with van der Waals surface area (Å²) >= 11 is 0. The molecule has 7 heteroatoms. The number of nitrogens with one attached hydrogen (secondary N) is 1. The van der Waals surface area contributed by atoms with Crippen molar-refractivity contribution in [2.75, 3.05) is 13.1 Å². The van der Waals surface area contributed by atoms with Crippen LogP contribution in [-0.4, -0.2) is 49.7 Å². The minimum Gasteiger partial charge on any atom is -0.351 e. The second-order valence-electron chi connectivity index (χ2n) is 5.97. The molecule has 23 heavy (non-hydrogen) atoms. The van der Waals surface area contributed by atoms with Crippen LogP contribution < -0.4 is 5.32 Å². The quantitative estimate of drug-likeness (QED) is 0.891. The van der Waals surface area contributed by atoms with Crippen LogP contribution in [0.1, 0.15) is 31.4 Å². The number of amides is 1. The average molecular weight is 314 g/mol. The van der Waals surface area contributed by atoms with Gasteiger partial charge >= 0.3 is 0 Å². The van der Waals surface area contributed by atoms with Gasteiger partial charge in [-0.3, -0.25) is 14.7 Å². The summed E-state index contributed by atoms with van der Waals surface area (Å²) in [6.45, 7) is 4.76. The van der Waals surface area contributed by atoms with E-state index in [9.17, 15) is 4.79 Å². The molecule has 0 saturated carbocycles. The summed E-state index contributed by atoms with van der Waals surface area (Å²) in [5.41, 5.74) is 1.28. The van der Waals surface area contributed by atoms with Crippen molar-refractivity contribution >= 4 is 5.91 Å². The molecule has 122 valence electrons. The number of aromatic nitrogens is 4. The molecule has 0 aromatic carbocycles. The second-order valence-corrected chi connectivity index (χ2v) is 5.97. The van der Waals surface area contributed by atoms with Crippen LogP contribution in [-0.2, 0) is 11.3 Å². The Morgan fingerprint density at radius 3 is 2.70 bits per heavy atom. The SMILES string of the molecule is CC(C(=O)NC1CCN(Cc2ccncc2)CC1)n1cncn1. The third kappa shape index (κ3) is 4.13. The van der Waals surface area contributed by atoms with Crippen molar-refractivity contribution in [3.05, 3.63) is 42.7 Å². The van der Waals surface area contributed by atoms with E-state index in [2.05, 4.69) is 25.3 Å². The van der Waals surface area contributed by atoms with Gasteiger partial charge in [-0.15, -0.1) is 0 Å². The highest BCUT2D eigenvalue weighted by Crippen LogP contribution is 2.14. The summed E-state index contributed by atoms with van der Waals surface area (Å²) in [6.07, 6.45) is 8.62. The molecule has 1 N–H and O–H groups in total. The zero-order valence-corrected chi connectivity index (χ0v) is 13.3. The second kappa shape index (κ2) is 7.32. The van der Waals surface area contributed by atoms with E-state index in [1.807, 2.05) is 31.5 Å². The molecule has 1 unspecified atom stereocenters. The average Bonchev–Trinajstić information content (AvgIpc) is 3.11. The largest absolute Gasteiger partial charge is 0.351 e. The van der Waals surface area contributed by atoms with Crippen molar-refractivity contribution in [2.24, 2.45) is 0 Å². The van der Waals surface area contributed by atoms with Crippen LogP contribution in [0.25, 0.3) is 0 Å². The maximum atomic E-state index is 12.3. The molecule has 2 aromatic rings. The molecule has 3 heterocycles. The monoisotopic (exact) mass is 314 g/mol. The van der Waals surface area contributed by atoms with Gasteiger partial charge < -0.3 is 5.32 Å². The molecule has 1 amide bonds. The third-order valence-electron chi connectivity index (χ3n) is 4.30. The predicted octanol–water partition coefficient (Wildman–Crippen LogP) is 1.01. The van der Waals surface area contributed by atoms with E-state index in [1.54, 1.807) is 11.0 Å². The van der Waals surface area contributed by atoms with Gasteiger partial charge in [0.2, 0.25) is 5.91 Å². The Labute approximate surface area is 135 Å². The van der Waals surface area contributed by atoms with Crippen LogP contribution in [0.4, 0.5) is 0 Å². The summed E-state index contributed by atoms with van der Waals surface area (Å²) in [5.74, 6) is 0.00286. The topological polar surface area (TPSA) is 75.9 Å². The van der Waals surface area contributed by atoms with Crippen molar-refractivity contribution < 1.29 is 4.79 Å². The van der Waals surface area contributed by atoms with E-state index >= 15 is 0 Å². The number of hydrogen-bond acceptors (Lipinski definition) is 5. The van der Waals surface area contributed by atoms with Gasteiger partial charge in [-0.25, -0.2) is 9.67 Å². The molecule has 3 rings (SSSR count). The molecular formula is C16H22N6O. The van der Waals surface area contributed by atoms with Crippen LogP contribution in [0.15, 0.2) is 37.2 Å². The highest BCUT2D eigenvalue weighted by atomic mass is 16.2. The van der Waals surface area contributed by atoms with Crippen molar-refractivity contribution in [2.45, 2.75) is 38.4 Å². The Morgan fingerprint density at radius 2 is 2.04 bits per heavy atom. The minimum absolute atomic E-state index is 0.00286. The standard InChI is InChI=1S/C16H22N6O/c1-13(22-12-18-11-19-22)16(23)20-15-4-8-21(9-5-15)10-14-2-6-17-7-3-14/h2-3,6-7,11-13,15H,4-5,8-10H2,1H3,(H,20,23). The first-order valence-corrected chi connectivity index (χ1v) is 7.98. The van der Waals surface area contributed by atoms with Crippen LogP contribution in [0.2, 0.25) is 0 Å². The van der Waals surface area contributed by atoms with Crippen molar-refractivity contribution in [1.29, 1.82) is 0 Å². The highest BCUT2D eigenvalue weighted by Gasteiger charge is 2.23. The van der Waals surface area contributed by atoms with Crippen LogP contribution in [0.3, 0.4) is 0 Å². The molecule has 1 atom stereocenters. The fourth-order valence-corrected chi connectivity index (χ4v) is 2.84. The van der Waals surface area contributed by atoms with Crippen molar-refractivity contribution in [3.63, 3.8) is 0 Å². The lowest BCUT2D eigenvalue weighted by Gasteiger charge is -2.32. The Kier molecular flexibility index (Phi) is 4.97. The number of pyridine rings is 1. The Morgan fingerprint density at radius 1 is 1.30 bits per heavy atom. The maximum Gasteiger partial charge on any atom is 0.244 e. The Bertz CT molecular complexity index is 607. The van der Waals surface area contributed by atoms with Crippen molar-refractivity contribution in [3.8, 4) is 0 Å². The first-order valence-electron chi connectivity index (χ1n) is 7.98. The zero-order valence-electron chi connectivity index (χ0n) is 13.3. The third-order valence-corrected chi connectivity index (χ3v) is 4.30. The number of carbonyl (C=O) groups excluding carboxylic acids is 1. The molecule has 0 spiro atoms. The van der Waals surface area contributed by atoms with Gasteiger partial charge in [0, 0.05) is 38.1 Å². The highest BCUT2D eigenvalue weighted by molar-refractivity contribution is 5.80. The van der Waals surface area contributed by atoms with Gasteiger partial charge in [-0.2, -0.15) is 5.10 Å². The first kappa shape index (κ1) is 15.6. The molecule has 0 bridgehead atoms. The van der Waals surface area contributed by atoms with E-state index in [1.165, 1.54) is 11.9 Å². The Hall–Kier alpha value is -2.28. The summed E-state index contributed by atoms with van der Waals surface area (Å²) in [5, 5.41) is 7.15. The van der Waals surface area contributed by atoms with Crippen LogP contribution >= 0.6 is 0 Å². The van der Waals surface area contributed by atoms with Gasteiger partial charge in [-0.1, -0.05) is 0 Å². The number of hydrogen-bond donors (Lipinski definition) is 1. The van der Waals surface area contributed by atoms with E-state index in [4.69, 9.17) is 0 Å². The van der Waals surface area contributed by atoms with Crippen LogP contribution in [0, 0.1) is 0 Å². The van der Waals surface area contributed by atoms with Gasteiger partial charge in [0.25, 0.3) is 0 Å².